The number of aromatic nitrogens is 1. The fourth-order valence-electron chi connectivity index (χ4n) is 5.67. The van der Waals surface area contributed by atoms with E-state index in [0.29, 0.717) is 0 Å². The van der Waals surface area contributed by atoms with Gasteiger partial charge in [0.2, 0.25) is 0 Å². The van der Waals surface area contributed by atoms with Crippen LogP contribution >= 0.6 is 11.3 Å². The van der Waals surface area contributed by atoms with Crippen molar-refractivity contribution in [3.05, 3.63) is 90.6 Å². The minimum absolute atomic E-state index is 0.187. The third-order valence-electron chi connectivity index (χ3n) is 7.76. The molecule has 2 heteroatoms. The number of nitrogens with zero attached hydrogens (tertiary/aromatic N) is 1. The van der Waals surface area contributed by atoms with Crippen LogP contribution in [0.3, 0.4) is 0 Å². The maximum absolute atomic E-state index is 4.84. The highest BCUT2D eigenvalue weighted by atomic mass is 32.1. The van der Waals surface area contributed by atoms with Crippen LogP contribution in [0.25, 0.3) is 42.6 Å². The second-order valence-corrected chi connectivity index (χ2v) is 11.0. The minimum atomic E-state index is 0.187. The van der Waals surface area contributed by atoms with E-state index in [0.717, 1.165) is 11.6 Å². The Kier molecular flexibility index (Phi) is 5.07. The monoisotopic (exact) mass is 447 g/mol. The van der Waals surface area contributed by atoms with E-state index in [1.54, 1.807) is 0 Å². The summed E-state index contributed by atoms with van der Waals surface area (Å²) in [5.74, 6) is 0.768. The molecular weight excluding hydrogens is 418 g/mol. The molecule has 0 amide bonds. The van der Waals surface area contributed by atoms with Gasteiger partial charge in [0.25, 0.3) is 0 Å². The van der Waals surface area contributed by atoms with E-state index >= 15 is 0 Å². The Labute approximate surface area is 200 Å². The molecule has 0 saturated heterocycles. The second kappa shape index (κ2) is 8.11. The Bertz CT molecular complexity index is 1440. The molecule has 0 spiro atoms. The highest BCUT2D eigenvalue weighted by Crippen LogP contribution is 2.44. The number of hydrogen-bond donors (Lipinski definition) is 0. The fourth-order valence-corrected chi connectivity index (χ4v) is 6.94. The molecule has 1 nitrogen and oxygen atoms in total. The van der Waals surface area contributed by atoms with Crippen molar-refractivity contribution in [2.45, 2.75) is 44.9 Å². The first-order valence-electron chi connectivity index (χ1n) is 12.1. The predicted molar refractivity (Wildman–Crippen MR) is 143 cm³/mol. The first kappa shape index (κ1) is 20.6. The molecule has 164 valence electrons. The molecule has 0 radical (unpaired) electrons. The van der Waals surface area contributed by atoms with E-state index < -0.39 is 0 Å². The molecule has 33 heavy (non-hydrogen) atoms. The topological polar surface area (TPSA) is 12.9 Å². The minimum Gasteiger partial charge on any atom is -0.256 e. The summed E-state index contributed by atoms with van der Waals surface area (Å²) in [7, 11) is 0. The molecule has 0 atom stereocenters. The van der Waals surface area contributed by atoms with Crippen LogP contribution in [0.15, 0.2) is 85.1 Å². The van der Waals surface area contributed by atoms with Crippen LogP contribution in [0.1, 0.15) is 45.1 Å². The molecule has 1 fully saturated rings. The van der Waals surface area contributed by atoms with Gasteiger partial charge in [-0.25, -0.2) is 0 Å². The first-order valence-corrected chi connectivity index (χ1v) is 12.9. The average molecular weight is 448 g/mol. The molecule has 1 aliphatic rings. The maximum atomic E-state index is 4.84. The van der Waals surface area contributed by atoms with E-state index in [-0.39, 0.29) is 5.41 Å². The molecule has 2 aromatic heterocycles. The van der Waals surface area contributed by atoms with E-state index in [1.807, 2.05) is 17.5 Å². The Morgan fingerprint density at radius 1 is 0.788 bits per heavy atom. The van der Waals surface area contributed by atoms with Gasteiger partial charge < -0.3 is 0 Å². The van der Waals surface area contributed by atoms with Gasteiger partial charge in [0.05, 0.1) is 5.69 Å². The van der Waals surface area contributed by atoms with E-state index in [9.17, 15) is 0 Å². The summed E-state index contributed by atoms with van der Waals surface area (Å²) in [6.45, 7) is 4.85. The number of thiophene rings is 1. The zero-order valence-corrected chi connectivity index (χ0v) is 20.2. The maximum Gasteiger partial charge on any atom is 0.0719 e. The Balaban J connectivity index is 1.46. The summed E-state index contributed by atoms with van der Waals surface area (Å²) in [6.07, 6.45) is 7.46. The van der Waals surface area contributed by atoms with Gasteiger partial charge in [-0.2, -0.15) is 0 Å². The van der Waals surface area contributed by atoms with Crippen LogP contribution in [-0.2, 0) is 5.41 Å². The molecule has 0 aliphatic heterocycles. The van der Waals surface area contributed by atoms with Crippen molar-refractivity contribution in [1.82, 2.24) is 4.98 Å². The normalized spacial score (nSPS) is 15.0. The third kappa shape index (κ3) is 3.57. The molecule has 1 aliphatic carbocycles. The fraction of sp³-hybridized carbons (Fsp3) is 0.258. The van der Waals surface area contributed by atoms with Gasteiger partial charge in [0, 0.05) is 31.9 Å². The molecule has 0 unspecified atom stereocenters. The lowest BCUT2D eigenvalue weighted by atomic mass is 9.72. The SMILES string of the molecule is CC(C)(c1ccnc(-c2cccc3c2sc2cc(-c4ccccc4)ccc23)c1)C1CCCC1. The summed E-state index contributed by atoms with van der Waals surface area (Å²) in [6, 6.07) is 28.8. The van der Waals surface area contributed by atoms with Crippen molar-refractivity contribution in [1.29, 1.82) is 0 Å². The van der Waals surface area contributed by atoms with E-state index in [2.05, 4.69) is 92.7 Å². The smallest absolute Gasteiger partial charge is 0.0719 e. The van der Waals surface area contributed by atoms with Crippen molar-refractivity contribution in [2.75, 3.05) is 0 Å². The van der Waals surface area contributed by atoms with Gasteiger partial charge in [0.15, 0.2) is 0 Å². The zero-order chi connectivity index (χ0) is 22.4. The van der Waals surface area contributed by atoms with Gasteiger partial charge in [-0.15, -0.1) is 11.3 Å². The predicted octanol–water partition coefficient (Wildman–Crippen LogP) is 9.25. The van der Waals surface area contributed by atoms with Crippen molar-refractivity contribution in [2.24, 2.45) is 5.92 Å². The zero-order valence-electron chi connectivity index (χ0n) is 19.3. The molecule has 1 saturated carbocycles. The highest BCUT2D eigenvalue weighted by molar-refractivity contribution is 7.26. The number of benzene rings is 3. The second-order valence-electron chi connectivity index (χ2n) is 9.99. The number of hydrogen-bond acceptors (Lipinski definition) is 2. The Morgan fingerprint density at radius 3 is 2.42 bits per heavy atom. The standard InChI is InChI=1S/C31H29NS/c1-31(2,23-11-6-7-12-23)24-17-18-32-28(20-24)27-14-8-13-26-25-16-15-22(19-29(25)33-30(26)27)21-9-4-3-5-10-21/h3-5,8-10,13-20,23H,6-7,11-12H2,1-2H3. The van der Waals surface area contributed by atoms with Crippen molar-refractivity contribution < 1.29 is 0 Å². The Morgan fingerprint density at radius 2 is 1.61 bits per heavy atom. The quantitative estimate of drug-likeness (QED) is 0.267. The summed E-state index contributed by atoms with van der Waals surface area (Å²) in [4.78, 5) is 4.84. The highest BCUT2D eigenvalue weighted by Gasteiger charge is 2.33. The molecule has 3 aromatic carbocycles. The summed E-state index contributed by atoms with van der Waals surface area (Å²) < 4.78 is 2.67. The van der Waals surface area contributed by atoms with E-state index in [4.69, 9.17) is 4.98 Å². The number of pyridine rings is 1. The van der Waals surface area contributed by atoms with Crippen LogP contribution in [0, 0.1) is 5.92 Å². The summed E-state index contributed by atoms with van der Waals surface area (Å²) in [5, 5.41) is 2.66. The van der Waals surface area contributed by atoms with Crippen molar-refractivity contribution >= 4 is 31.5 Å². The molecular formula is C31H29NS. The van der Waals surface area contributed by atoms with E-state index in [1.165, 1.54) is 68.1 Å². The average Bonchev–Trinajstić information content (AvgIpc) is 3.53. The molecule has 0 N–H and O–H groups in total. The van der Waals surface area contributed by atoms with Crippen LogP contribution in [-0.4, -0.2) is 4.98 Å². The summed E-state index contributed by atoms with van der Waals surface area (Å²) >= 11 is 1.89. The summed E-state index contributed by atoms with van der Waals surface area (Å²) in [5.41, 5.74) is 6.49. The number of rotatable bonds is 4. The third-order valence-corrected chi connectivity index (χ3v) is 8.96. The van der Waals surface area contributed by atoms with Gasteiger partial charge in [0.1, 0.15) is 0 Å². The van der Waals surface area contributed by atoms with Gasteiger partial charge in [-0.1, -0.05) is 87.4 Å². The van der Waals surface area contributed by atoms with Crippen LogP contribution < -0.4 is 0 Å². The lowest BCUT2D eigenvalue weighted by Gasteiger charge is -2.32. The number of fused-ring (bicyclic) bond motifs is 3. The van der Waals surface area contributed by atoms with Gasteiger partial charge in [-0.05, 0) is 59.1 Å². The lowest BCUT2D eigenvalue weighted by molar-refractivity contribution is 0.325. The van der Waals surface area contributed by atoms with Gasteiger partial charge in [-0.3, -0.25) is 4.98 Å². The Hall–Kier alpha value is -2.97. The lowest BCUT2D eigenvalue weighted by Crippen LogP contribution is -2.26. The molecule has 6 rings (SSSR count). The van der Waals surface area contributed by atoms with Crippen LogP contribution in [0.5, 0.6) is 0 Å². The van der Waals surface area contributed by atoms with Gasteiger partial charge >= 0.3 is 0 Å². The van der Waals surface area contributed by atoms with Crippen LogP contribution in [0.4, 0.5) is 0 Å². The molecule has 0 bridgehead atoms. The van der Waals surface area contributed by atoms with Crippen molar-refractivity contribution in [3.8, 4) is 22.4 Å². The first-order chi connectivity index (χ1) is 16.1. The molecule has 2 heterocycles. The largest absolute Gasteiger partial charge is 0.256 e. The molecule has 5 aromatic rings. The van der Waals surface area contributed by atoms with Crippen molar-refractivity contribution in [3.63, 3.8) is 0 Å². The van der Waals surface area contributed by atoms with Crippen LogP contribution in [0.2, 0.25) is 0 Å².